The molecule has 31 heavy (non-hydrogen) atoms. The summed E-state index contributed by atoms with van der Waals surface area (Å²) < 4.78 is 11.5. The summed E-state index contributed by atoms with van der Waals surface area (Å²) in [6.07, 6.45) is 7.80. The number of benzene rings is 1. The van der Waals surface area contributed by atoms with Crippen LogP contribution in [0.4, 0.5) is 0 Å². The third kappa shape index (κ3) is 3.75. The first-order chi connectivity index (χ1) is 14.9. The molecule has 1 aromatic heterocycles. The van der Waals surface area contributed by atoms with E-state index in [0.717, 1.165) is 67.9 Å². The molecule has 1 saturated carbocycles. The third-order valence-corrected chi connectivity index (χ3v) is 7.59. The quantitative estimate of drug-likeness (QED) is 0.760. The van der Waals surface area contributed by atoms with Crippen LogP contribution in [0.25, 0.3) is 11.0 Å². The second-order valence-electron chi connectivity index (χ2n) is 9.55. The van der Waals surface area contributed by atoms with Gasteiger partial charge in [0, 0.05) is 36.0 Å². The van der Waals surface area contributed by atoms with Gasteiger partial charge in [-0.3, -0.25) is 4.79 Å². The van der Waals surface area contributed by atoms with Crippen molar-refractivity contribution < 1.29 is 19.1 Å². The first-order valence-corrected chi connectivity index (χ1v) is 11.7. The van der Waals surface area contributed by atoms with Crippen molar-refractivity contribution in [1.29, 1.82) is 0 Å². The first-order valence-electron chi connectivity index (χ1n) is 11.7. The van der Waals surface area contributed by atoms with Gasteiger partial charge in [0.05, 0.1) is 5.60 Å². The molecule has 1 aromatic carbocycles. The van der Waals surface area contributed by atoms with Crippen molar-refractivity contribution in [2.45, 2.75) is 76.4 Å². The van der Waals surface area contributed by atoms with Crippen LogP contribution in [0, 0.1) is 5.92 Å². The van der Waals surface area contributed by atoms with Crippen LogP contribution >= 0.6 is 0 Å². The van der Waals surface area contributed by atoms with Gasteiger partial charge in [-0.1, -0.05) is 12.8 Å². The summed E-state index contributed by atoms with van der Waals surface area (Å²) in [6, 6.07) is 5.53. The number of amides is 1. The number of carbonyl (C=O) groups excluding carboxylic acids is 1. The van der Waals surface area contributed by atoms with E-state index < -0.39 is 11.7 Å². The zero-order valence-corrected chi connectivity index (χ0v) is 18.2. The first kappa shape index (κ1) is 20.6. The highest BCUT2D eigenvalue weighted by Gasteiger charge is 2.44. The fourth-order valence-electron chi connectivity index (χ4n) is 5.78. The summed E-state index contributed by atoms with van der Waals surface area (Å²) in [5.74, 6) is 0.630. The number of aliphatic hydroxyl groups is 1. The lowest BCUT2D eigenvalue weighted by atomic mass is 9.71. The molecule has 2 fully saturated rings. The van der Waals surface area contributed by atoms with E-state index >= 15 is 0 Å². The SMILES string of the molecule is C[C@H](Oc1ccc2c3c(c(=O)oc2c1)CCCC3)C(=O)N1CC[C@]2(O)CCCC[C@@H]2C1. The van der Waals surface area contributed by atoms with Crippen LogP contribution in [0.5, 0.6) is 5.75 Å². The van der Waals surface area contributed by atoms with Gasteiger partial charge in [0.1, 0.15) is 11.3 Å². The van der Waals surface area contributed by atoms with E-state index in [1.807, 2.05) is 17.0 Å². The molecule has 5 rings (SSSR count). The Bertz CT molecular complexity index is 1060. The minimum absolute atomic E-state index is 0.0559. The van der Waals surface area contributed by atoms with Crippen LogP contribution in [0.3, 0.4) is 0 Å². The van der Waals surface area contributed by atoms with Gasteiger partial charge in [-0.05, 0) is 69.6 Å². The second-order valence-corrected chi connectivity index (χ2v) is 9.55. The predicted molar refractivity (Wildman–Crippen MR) is 117 cm³/mol. The minimum Gasteiger partial charge on any atom is -0.481 e. The Labute approximate surface area is 182 Å². The van der Waals surface area contributed by atoms with Crippen LogP contribution in [0.15, 0.2) is 27.4 Å². The number of hydrogen-bond donors (Lipinski definition) is 1. The summed E-state index contributed by atoms with van der Waals surface area (Å²) in [5, 5.41) is 11.8. The van der Waals surface area contributed by atoms with Crippen LogP contribution in [0.1, 0.15) is 63.0 Å². The molecule has 6 nitrogen and oxygen atoms in total. The van der Waals surface area contributed by atoms with Gasteiger partial charge >= 0.3 is 5.63 Å². The fraction of sp³-hybridized carbons (Fsp3) is 0.600. The lowest BCUT2D eigenvalue weighted by Crippen LogP contribution is -2.56. The standard InChI is InChI=1S/C25H31NO5/c1-16(23(27)26-13-12-25(29)11-5-4-6-17(25)15-26)30-18-9-10-20-19-7-2-3-8-21(19)24(28)31-22(20)14-18/h9-10,14,16-17,29H,2-8,11-13,15H2,1H3/t16-,17+,25+/m0/s1. The molecule has 1 aliphatic heterocycles. The number of fused-ring (bicyclic) bond motifs is 4. The molecule has 3 atom stereocenters. The van der Waals surface area contributed by atoms with Crippen molar-refractivity contribution in [3.05, 3.63) is 39.7 Å². The van der Waals surface area contributed by atoms with Crippen molar-refractivity contribution in [1.82, 2.24) is 4.90 Å². The van der Waals surface area contributed by atoms with E-state index in [4.69, 9.17) is 9.15 Å². The van der Waals surface area contributed by atoms with Gasteiger partial charge in [0.2, 0.25) is 0 Å². The number of ether oxygens (including phenoxy) is 1. The Balaban J connectivity index is 1.31. The molecule has 0 unspecified atom stereocenters. The van der Waals surface area contributed by atoms with Gasteiger partial charge in [0.15, 0.2) is 6.10 Å². The molecule has 2 aliphatic carbocycles. The summed E-state index contributed by atoms with van der Waals surface area (Å²) in [4.78, 5) is 27.3. The summed E-state index contributed by atoms with van der Waals surface area (Å²) in [6.45, 7) is 2.93. The highest BCUT2D eigenvalue weighted by molar-refractivity contribution is 5.84. The van der Waals surface area contributed by atoms with Crippen LogP contribution in [-0.2, 0) is 17.6 Å². The number of piperidine rings is 1. The van der Waals surface area contributed by atoms with E-state index in [0.29, 0.717) is 30.8 Å². The van der Waals surface area contributed by atoms with Crippen molar-refractivity contribution in [3.8, 4) is 5.75 Å². The van der Waals surface area contributed by atoms with E-state index in [2.05, 4.69) is 0 Å². The molecule has 1 N–H and O–H groups in total. The fourth-order valence-corrected chi connectivity index (χ4v) is 5.78. The van der Waals surface area contributed by atoms with E-state index in [9.17, 15) is 14.7 Å². The maximum absolute atomic E-state index is 13.0. The molecular formula is C25H31NO5. The van der Waals surface area contributed by atoms with Gasteiger partial charge in [0.25, 0.3) is 5.91 Å². The predicted octanol–water partition coefficient (Wildman–Crippen LogP) is 3.59. The van der Waals surface area contributed by atoms with Gasteiger partial charge in [-0.15, -0.1) is 0 Å². The molecule has 6 heteroatoms. The summed E-state index contributed by atoms with van der Waals surface area (Å²) >= 11 is 0. The number of carbonyl (C=O) groups is 1. The maximum atomic E-state index is 13.0. The third-order valence-electron chi connectivity index (χ3n) is 7.59. The number of aryl methyl sites for hydroxylation is 1. The largest absolute Gasteiger partial charge is 0.481 e. The van der Waals surface area contributed by atoms with Gasteiger partial charge in [-0.2, -0.15) is 0 Å². The van der Waals surface area contributed by atoms with Crippen molar-refractivity contribution >= 4 is 16.9 Å². The van der Waals surface area contributed by atoms with E-state index in [-0.39, 0.29) is 17.5 Å². The average molecular weight is 426 g/mol. The molecule has 166 valence electrons. The summed E-state index contributed by atoms with van der Waals surface area (Å²) in [5.41, 5.74) is 1.57. The Morgan fingerprint density at radius 3 is 2.84 bits per heavy atom. The highest BCUT2D eigenvalue weighted by Crippen LogP contribution is 2.40. The lowest BCUT2D eigenvalue weighted by molar-refractivity contribution is -0.149. The van der Waals surface area contributed by atoms with E-state index in [1.165, 1.54) is 0 Å². The maximum Gasteiger partial charge on any atom is 0.339 e. The van der Waals surface area contributed by atoms with Crippen LogP contribution in [0.2, 0.25) is 0 Å². The van der Waals surface area contributed by atoms with Gasteiger partial charge < -0.3 is 19.2 Å². The molecule has 0 bridgehead atoms. The lowest BCUT2D eigenvalue weighted by Gasteiger charge is -2.47. The topological polar surface area (TPSA) is 80.0 Å². The number of hydrogen-bond acceptors (Lipinski definition) is 5. The second kappa shape index (κ2) is 7.97. The zero-order chi connectivity index (χ0) is 21.6. The molecule has 0 spiro atoms. The molecular weight excluding hydrogens is 394 g/mol. The van der Waals surface area contributed by atoms with Crippen LogP contribution < -0.4 is 10.4 Å². The van der Waals surface area contributed by atoms with Gasteiger partial charge in [-0.25, -0.2) is 4.79 Å². The van der Waals surface area contributed by atoms with E-state index in [1.54, 1.807) is 13.0 Å². The molecule has 3 aliphatic rings. The molecule has 2 aromatic rings. The Hall–Kier alpha value is -2.34. The zero-order valence-electron chi connectivity index (χ0n) is 18.2. The Morgan fingerprint density at radius 1 is 1.19 bits per heavy atom. The Morgan fingerprint density at radius 2 is 2.00 bits per heavy atom. The van der Waals surface area contributed by atoms with Crippen molar-refractivity contribution in [2.75, 3.05) is 13.1 Å². The summed E-state index contributed by atoms with van der Waals surface area (Å²) in [7, 11) is 0. The minimum atomic E-state index is -0.642. The molecule has 0 radical (unpaired) electrons. The molecule has 1 saturated heterocycles. The number of likely N-dealkylation sites (tertiary alicyclic amines) is 1. The highest BCUT2D eigenvalue weighted by atomic mass is 16.5. The molecule has 2 heterocycles. The monoisotopic (exact) mass is 425 g/mol. The number of rotatable bonds is 3. The normalized spacial score (nSPS) is 26.8. The Kier molecular flexibility index (Phi) is 5.29. The number of nitrogens with zero attached hydrogens (tertiary/aromatic N) is 1. The van der Waals surface area contributed by atoms with Crippen molar-refractivity contribution in [2.24, 2.45) is 5.92 Å². The molecule has 1 amide bonds. The van der Waals surface area contributed by atoms with Crippen molar-refractivity contribution in [3.63, 3.8) is 0 Å². The van der Waals surface area contributed by atoms with Crippen LogP contribution in [-0.4, -0.2) is 40.7 Å². The average Bonchev–Trinajstić information content (AvgIpc) is 2.78. The smallest absolute Gasteiger partial charge is 0.339 e.